The quantitative estimate of drug-likeness (QED) is 0.0890. The molecule has 270 valence electrons. The summed E-state index contributed by atoms with van der Waals surface area (Å²) in [4.78, 5) is 25.8. The van der Waals surface area contributed by atoms with Gasteiger partial charge in [0.05, 0.1) is 14.2 Å². The topological polar surface area (TPSA) is 119 Å². The van der Waals surface area contributed by atoms with Gasteiger partial charge >= 0.3 is 12.2 Å². The number of carbonyl (C=O) groups excluding carboxylic acids is 2. The van der Waals surface area contributed by atoms with Gasteiger partial charge in [0, 0.05) is 30.4 Å². The molecule has 0 fully saturated rings. The monoisotopic (exact) mass is 703 g/mol. The van der Waals surface area contributed by atoms with E-state index in [1.54, 1.807) is 0 Å². The van der Waals surface area contributed by atoms with Crippen molar-refractivity contribution in [3.05, 3.63) is 156 Å². The number of aliphatic hydroxyl groups excluding tert-OH is 1. The third kappa shape index (κ3) is 11.9. The minimum absolute atomic E-state index is 0.0337. The molecular weight excluding hydrogens is 658 g/mol. The summed E-state index contributed by atoms with van der Waals surface area (Å²) in [7, 11) is 2.65. The molecule has 0 bridgehead atoms. The van der Waals surface area contributed by atoms with Gasteiger partial charge in [-0.25, -0.2) is 9.59 Å². The molecule has 0 aromatic heterocycles. The fraction of sp³-hybridized carbons (Fsp3) is 0.238. The SMILES string of the molecule is COC(=O)Nc1ccc(C(CCN(Cc2ccccc2)CC(O)COc2ccc(OCc3ccccc3)cc2)c2ccc(NC(=O)OC)cc2)cc1. The molecule has 0 heterocycles. The molecule has 5 rings (SSSR count). The van der Waals surface area contributed by atoms with Gasteiger partial charge in [0.15, 0.2) is 0 Å². The number of hydrogen-bond donors (Lipinski definition) is 3. The van der Waals surface area contributed by atoms with E-state index >= 15 is 0 Å². The van der Waals surface area contributed by atoms with Crippen LogP contribution in [0.25, 0.3) is 0 Å². The van der Waals surface area contributed by atoms with Gasteiger partial charge in [0.1, 0.15) is 30.8 Å². The molecule has 0 radical (unpaired) electrons. The number of anilines is 2. The summed E-state index contributed by atoms with van der Waals surface area (Å²) in [5.74, 6) is 1.36. The number of benzene rings is 5. The maximum Gasteiger partial charge on any atom is 0.411 e. The van der Waals surface area contributed by atoms with E-state index in [2.05, 4.69) is 27.7 Å². The molecule has 0 saturated carbocycles. The van der Waals surface area contributed by atoms with Crippen LogP contribution in [0.5, 0.6) is 11.5 Å². The van der Waals surface area contributed by atoms with E-state index in [-0.39, 0.29) is 12.5 Å². The summed E-state index contributed by atoms with van der Waals surface area (Å²) in [6, 6.07) is 42.9. The van der Waals surface area contributed by atoms with Crippen LogP contribution in [0, 0.1) is 0 Å². The lowest BCUT2D eigenvalue weighted by atomic mass is 9.88. The van der Waals surface area contributed by atoms with Crippen LogP contribution >= 0.6 is 0 Å². The van der Waals surface area contributed by atoms with E-state index in [4.69, 9.17) is 18.9 Å². The molecule has 10 nitrogen and oxygen atoms in total. The second-order valence-electron chi connectivity index (χ2n) is 12.2. The number of aliphatic hydroxyl groups is 1. The predicted molar refractivity (Wildman–Crippen MR) is 202 cm³/mol. The van der Waals surface area contributed by atoms with Gasteiger partial charge in [-0.15, -0.1) is 0 Å². The lowest BCUT2D eigenvalue weighted by Gasteiger charge is -2.28. The fourth-order valence-electron chi connectivity index (χ4n) is 5.77. The van der Waals surface area contributed by atoms with Crippen molar-refractivity contribution in [1.82, 2.24) is 4.90 Å². The van der Waals surface area contributed by atoms with Crippen molar-refractivity contribution in [1.29, 1.82) is 0 Å². The second kappa shape index (κ2) is 19.5. The van der Waals surface area contributed by atoms with Crippen molar-refractivity contribution in [3.63, 3.8) is 0 Å². The zero-order valence-electron chi connectivity index (χ0n) is 29.4. The van der Waals surface area contributed by atoms with E-state index in [1.807, 2.05) is 121 Å². The molecular formula is C42H45N3O7. The van der Waals surface area contributed by atoms with Crippen LogP contribution in [-0.2, 0) is 22.6 Å². The lowest BCUT2D eigenvalue weighted by Crippen LogP contribution is -2.36. The standard InChI is InChI=1S/C42H45N3O7/c1-49-41(47)43-35-17-13-33(14-18-35)40(34-15-19-36(20-16-34)44-42(48)50-2)25-26-45(27-31-9-5-3-6-10-31)28-37(46)30-52-39-23-21-38(22-24-39)51-29-32-11-7-4-8-12-32/h3-24,37,40,46H,25-30H2,1-2H3,(H,43,47)(H,44,48). The molecule has 0 aliphatic rings. The fourth-order valence-corrected chi connectivity index (χ4v) is 5.77. The van der Waals surface area contributed by atoms with Gasteiger partial charge in [0.25, 0.3) is 0 Å². The van der Waals surface area contributed by atoms with E-state index in [1.165, 1.54) is 14.2 Å². The van der Waals surface area contributed by atoms with Gasteiger partial charge in [-0.1, -0.05) is 84.9 Å². The summed E-state index contributed by atoms with van der Waals surface area (Å²) in [6.45, 7) is 2.30. The van der Waals surface area contributed by atoms with Crippen molar-refractivity contribution in [2.75, 3.05) is 44.5 Å². The van der Waals surface area contributed by atoms with E-state index < -0.39 is 18.3 Å². The van der Waals surface area contributed by atoms with Crippen molar-refractivity contribution in [3.8, 4) is 11.5 Å². The summed E-state index contributed by atoms with van der Waals surface area (Å²) in [6.07, 6.45) is -1.11. The Morgan fingerprint density at radius 3 is 1.62 bits per heavy atom. The summed E-state index contributed by atoms with van der Waals surface area (Å²) in [5, 5.41) is 16.6. The average molecular weight is 704 g/mol. The molecule has 0 saturated heterocycles. The number of rotatable bonds is 17. The van der Waals surface area contributed by atoms with Crippen LogP contribution in [0.4, 0.5) is 21.0 Å². The Hall–Kier alpha value is -5.84. The molecule has 2 amide bonds. The van der Waals surface area contributed by atoms with Crippen LogP contribution in [0.15, 0.2) is 133 Å². The number of carbonyl (C=O) groups is 2. The van der Waals surface area contributed by atoms with Crippen molar-refractivity contribution >= 4 is 23.6 Å². The lowest BCUT2D eigenvalue weighted by molar-refractivity contribution is 0.0647. The zero-order chi connectivity index (χ0) is 36.5. The Morgan fingerprint density at radius 1 is 0.635 bits per heavy atom. The highest BCUT2D eigenvalue weighted by Crippen LogP contribution is 2.31. The molecule has 1 unspecified atom stereocenters. The molecule has 0 aliphatic heterocycles. The highest BCUT2D eigenvalue weighted by molar-refractivity contribution is 5.85. The molecule has 5 aromatic carbocycles. The van der Waals surface area contributed by atoms with E-state index in [0.29, 0.717) is 43.4 Å². The van der Waals surface area contributed by atoms with Gasteiger partial charge in [-0.3, -0.25) is 15.5 Å². The minimum Gasteiger partial charge on any atom is -0.491 e. The Kier molecular flexibility index (Phi) is 14.0. The Labute approximate surface area is 304 Å². The van der Waals surface area contributed by atoms with Crippen LogP contribution in [0.2, 0.25) is 0 Å². The van der Waals surface area contributed by atoms with Crippen LogP contribution in [-0.4, -0.2) is 62.2 Å². The molecule has 10 heteroatoms. The van der Waals surface area contributed by atoms with E-state index in [9.17, 15) is 14.7 Å². The first-order valence-corrected chi connectivity index (χ1v) is 17.1. The Bertz CT molecular complexity index is 1740. The third-order valence-electron chi connectivity index (χ3n) is 8.46. The van der Waals surface area contributed by atoms with Gasteiger partial charge in [0.2, 0.25) is 0 Å². The minimum atomic E-state index is -0.747. The number of methoxy groups -OCH3 is 2. The molecule has 5 aromatic rings. The number of amides is 2. The predicted octanol–water partition coefficient (Wildman–Crippen LogP) is 8.09. The smallest absolute Gasteiger partial charge is 0.411 e. The largest absolute Gasteiger partial charge is 0.491 e. The number of nitrogens with zero attached hydrogens (tertiary/aromatic N) is 1. The first kappa shape index (κ1) is 37.4. The van der Waals surface area contributed by atoms with Crippen molar-refractivity contribution < 1.29 is 33.6 Å². The van der Waals surface area contributed by atoms with Gasteiger partial charge in [-0.2, -0.15) is 0 Å². The maximum atomic E-state index is 11.8. The van der Waals surface area contributed by atoms with Crippen molar-refractivity contribution in [2.24, 2.45) is 0 Å². The normalized spacial score (nSPS) is 11.5. The highest BCUT2D eigenvalue weighted by Gasteiger charge is 2.20. The zero-order valence-corrected chi connectivity index (χ0v) is 29.4. The maximum absolute atomic E-state index is 11.8. The number of ether oxygens (including phenoxy) is 4. The van der Waals surface area contributed by atoms with Crippen LogP contribution in [0.3, 0.4) is 0 Å². The van der Waals surface area contributed by atoms with Crippen molar-refractivity contribution in [2.45, 2.75) is 31.6 Å². The third-order valence-corrected chi connectivity index (χ3v) is 8.46. The number of nitrogens with one attached hydrogen (secondary N) is 2. The molecule has 0 aliphatic carbocycles. The second-order valence-corrected chi connectivity index (χ2v) is 12.2. The molecule has 0 spiro atoms. The molecule has 3 N–H and O–H groups in total. The van der Waals surface area contributed by atoms with E-state index in [0.717, 1.165) is 34.4 Å². The summed E-state index contributed by atoms with van der Waals surface area (Å²) in [5.41, 5.74) is 5.56. The Balaban J connectivity index is 1.26. The highest BCUT2D eigenvalue weighted by atomic mass is 16.5. The molecule has 1 atom stereocenters. The van der Waals surface area contributed by atoms with Crippen LogP contribution in [0.1, 0.15) is 34.6 Å². The first-order valence-electron chi connectivity index (χ1n) is 17.1. The Morgan fingerprint density at radius 2 is 1.12 bits per heavy atom. The molecule has 52 heavy (non-hydrogen) atoms. The first-order chi connectivity index (χ1) is 25.4. The summed E-state index contributed by atoms with van der Waals surface area (Å²) >= 11 is 0. The van der Waals surface area contributed by atoms with Crippen LogP contribution < -0.4 is 20.1 Å². The average Bonchev–Trinajstić information content (AvgIpc) is 3.18. The van der Waals surface area contributed by atoms with Gasteiger partial charge < -0.3 is 24.1 Å². The summed E-state index contributed by atoms with van der Waals surface area (Å²) < 4.78 is 21.3. The van der Waals surface area contributed by atoms with Gasteiger partial charge in [-0.05, 0) is 83.8 Å². The number of hydrogen-bond acceptors (Lipinski definition) is 8.